The number of pyridine rings is 1. The summed E-state index contributed by atoms with van der Waals surface area (Å²) in [6, 6.07) is 8.10. The Labute approximate surface area is 92.5 Å². The van der Waals surface area contributed by atoms with Crippen molar-refractivity contribution in [1.29, 1.82) is 0 Å². The number of aryl methyl sites for hydroxylation is 1. The molecular weight excluding hydrogens is 213 g/mol. The van der Waals surface area contributed by atoms with Crippen molar-refractivity contribution in [3.8, 4) is 11.3 Å². The molecule has 3 heteroatoms. The van der Waals surface area contributed by atoms with Gasteiger partial charge in [0.25, 0.3) is 0 Å². The van der Waals surface area contributed by atoms with Crippen LogP contribution in [0, 0.1) is 12.7 Å². The highest BCUT2D eigenvalue weighted by molar-refractivity contribution is 6.30. The molecule has 1 heterocycles. The SMILES string of the molecule is Cc1cc(F)ccc1-c1cc(Cl)ccn1. The molecule has 0 amide bonds. The van der Waals surface area contributed by atoms with E-state index < -0.39 is 0 Å². The van der Waals surface area contributed by atoms with Gasteiger partial charge in [0.15, 0.2) is 0 Å². The molecule has 0 atom stereocenters. The minimum atomic E-state index is -0.238. The van der Waals surface area contributed by atoms with E-state index in [4.69, 9.17) is 11.6 Å². The zero-order valence-corrected chi connectivity index (χ0v) is 8.92. The highest BCUT2D eigenvalue weighted by atomic mass is 35.5. The molecule has 1 aromatic heterocycles. The molecule has 0 fully saturated rings. The van der Waals surface area contributed by atoms with Crippen LogP contribution in [0.3, 0.4) is 0 Å². The minimum absolute atomic E-state index is 0.238. The zero-order chi connectivity index (χ0) is 10.8. The Balaban J connectivity index is 2.54. The Morgan fingerprint density at radius 1 is 1.20 bits per heavy atom. The van der Waals surface area contributed by atoms with Crippen molar-refractivity contribution >= 4 is 11.6 Å². The molecule has 0 radical (unpaired) electrons. The van der Waals surface area contributed by atoms with Crippen LogP contribution in [0.1, 0.15) is 5.56 Å². The van der Waals surface area contributed by atoms with Gasteiger partial charge in [-0.15, -0.1) is 0 Å². The molecule has 2 rings (SSSR count). The van der Waals surface area contributed by atoms with E-state index in [1.54, 1.807) is 24.4 Å². The average molecular weight is 222 g/mol. The fourth-order valence-electron chi connectivity index (χ4n) is 1.47. The first-order chi connectivity index (χ1) is 7.16. The van der Waals surface area contributed by atoms with Crippen molar-refractivity contribution in [3.05, 3.63) is 52.9 Å². The van der Waals surface area contributed by atoms with Gasteiger partial charge in [0.1, 0.15) is 5.82 Å². The third-order valence-corrected chi connectivity index (χ3v) is 2.42. The van der Waals surface area contributed by atoms with Crippen molar-refractivity contribution in [3.63, 3.8) is 0 Å². The van der Waals surface area contributed by atoms with Crippen molar-refractivity contribution in [1.82, 2.24) is 4.98 Å². The van der Waals surface area contributed by atoms with Gasteiger partial charge in [-0.25, -0.2) is 4.39 Å². The van der Waals surface area contributed by atoms with Crippen LogP contribution in [0.15, 0.2) is 36.5 Å². The van der Waals surface area contributed by atoms with E-state index in [9.17, 15) is 4.39 Å². The van der Waals surface area contributed by atoms with E-state index >= 15 is 0 Å². The molecule has 0 saturated heterocycles. The van der Waals surface area contributed by atoms with Crippen LogP contribution >= 0.6 is 11.6 Å². The lowest BCUT2D eigenvalue weighted by Crippen LogP contribution is -1.87. The molecule has 1 aromatic carbocycles. The maximum Gasteiger partial charge on any atom is 0.123 e. The number of benzene rings is 1. The Kier molecular flexibility index (Phi) is 2.69. The molecule has 15 heavy (non-hydrogen) atoms. The summed E-state index contributed by atoms with van der Waals surface area (Å²) in [7, 11) is 0. The standard InChI is InChI=1S/C12H9ClFN/c1-8-6-10(14)2-3-11(8)12-7-9(13)4-5-15-12/h2-7H,1H3. The summed E-state index contributed by atoms with van der Waals surface area (Å²) in [5.74, 6) is -0.238. The molecule has 0 N–H and O–H groups in total. The van der Waals surface area contributed by atoms with Crippen LogP contribution in [0.4, 0.5) is 4.39 Å². The van der Waals surface area contributed by atoms with Gasteiger partial charge < -0.3 is 0 Å². The smallest absolute Gasteiger partial charge is 0.123 e. The summed E-state index contributed by atoms with van der Waals surface area (Å²) >= 11 is 5.86. The lowest BCUT2D eigenvalue weighted by molar-refractivity contribution is 0.627. The minimum Gasteiger partial charge on any atom is -0.256 e. The Morgan fingerprint density at radius 2 is 2.00 bits per heavy atom. The average Bonchev–Trinajstić information content (AvgIpc) is 2.17. The first-order valence-electron chi connectivity index (χ1n) is 4.55. The second-order valence-corrected chi connectivity index (χ2v) is 3.75. The predicted molar refractivity (Wildman–Crippen MR) is 59.4 cm³/mol. The highest BCUT2D eigenvalue weighted by Crippen LogP contribution is 2.23. The molecule has 1 nitrogen and oxygen atoms in total. The number of hydrogen-bond donors (Lipinski definition) is 0. The van der Waals surface area contributed by atoms with Crippen LogP contribution in [0.25, 0.3) is 11.3 Å². The predicted octanol–water partition coefficient (Wildman–Crippen LogP) is 3.85. The van der Waals surface area contributed by atoms with E-state index in [0.717, 1.165) is 16.8 Å². The van der Waals surface area contributed by atoms with Gasteiger partial charge in [0.2, 0.25) is 0 Å². The monoisotopic (exact) mass is 221 g/mol. The fourth-order valence-corrected chi connectivity index (χ4v) is 1.63. The van der Waals surface area contributed by atoms with E-state index in [2.05, 4.69) is 4.98 Å². The topological polar surface area (TPSA) is 12.9 Å². The van der Waals surface area contributed by atoms with Gasteiger partial charge in [0.05, 0.1) is 5.69 Å². The quantitative estimate of drug-likeness (QED) is 0.713. The number of rotatable bonds is 1. The van der Waals surface area contributed by atoms with E-state index in [-0.39, 0.29) is 5.82 Å². The first kappa shape index (κ1) is 10.1. The molecule has 0 unspecified atom stereocenters. The first-order valence-corrected chi connectivity index (χ1v) is 4.93. The van der Waals surface area contributed by atoms with Crippen molar-refractivity contribution < 1.29 is 4.39 Å². The van der Waals surface area contributed by atoms with E-state index in [1.807, 2.05) is 6.92 Å². The van der Waals surface area contributed by atoms with Crippen molar-refractivity contribution in [2.45, 2.75) is 6.92 Å². The summed E-state index contributed by atoms with van der Waals surface area (Å²) in [6.07, 6.45) is 1.64. The lowest BCUT2D eigenvalue weighted by Gasteiger charge is -2.05. The Bertz CT molecular complexity index is 497. The van der Waals surface area contributed by atoms with Crippen molar-refractivity contribution in [2.75, 3.05) is 0 Å². The summed E-state index contributed by atoms with van der Waals surface area (Å²) < 4.78 is 12.9. The van der Waals surface area contributed by atoms with Gasteiger partial charge in [-0.1, -0.05) is 11.6 Å². The van der Waals surface area contributed by atoms with Crippen LogP contribution in [0.2, 0.25) is 5.02 Å². The van der Waals surface area contributed by atoms with Crippen molar-refractivity contribution in [2.24, 2.45) is 0 Å². The lowest BCUT2D eigenvalue weighted by atomic mass is 10.1. The molecule has 0 aliphatic rings. The maximum absolute atomic E-state index is 12.9. The van der Waals surface area contributed by atoms with Crippen LogP contribution < -0.4 is 0 Å². The van der Waals surface area contributed by atoms with Gasteiger partial charge in [-0.2, -0.15) is 0 Å². The number of nitrogens with zero attached hydrogens (tertiary/aromatic N) is 1. The normalized spacial score (nSPS) is 10.3. The maximum atomic E-state index is 12.9. The van der Waals surface area contributed by atoms with Gasteiger partial charge in [-0.3, -0.25) is 4.98 Å². The third kappa shape index (κ3) is 2.16. The summed E-state index contributed by atoms with van der Waals surface area (Å²) in [6.45, 7) is 1.85. The second-order valence-electron chi connectivity index (χ2n) is 3.32. The number of hydrogen-bond acceptors (Lipinski definition) is 1. The highest BCUT2D eigenvalue weighted by Gasteiger charge is 2.04. The van der Waals surface area contributed by atoms with Crippen LogP contribution in [0.5, 0.6) is 0 Å². The molecule has 0 saturated carbocycles. The van der Waals surface area contributed by atoms with Crippen LogP contribution in [-0.2, 0) is 0 Å². The van der Waals surface area contributed by atoms with Crippen LogP contribution in [-0.4, -0.2) is 4.98 Å². The second kappa shape index (κ2) is 3.99. The molecule has 2 aromatic rings. The fraction of sp³-hybridized carbons (Fsp3) is 0.0833. The molecule has 0 aliphatic heterocycles. The van der Waals surface area contributed by atoms with Gasteiger partial charge in [-0.05, 0) is 42.8 Å². The Hall–Kier alpha value is -1.41. The summed E-state index contributed by atoms with van der Waals surface area (Å²) in [5, 5.41) is 0.628. The number of halogens is 2. The van der Waals surface area contributed by atoms with E-state index in [1.165, 1.54) is 12.1 Å². The zero-order valence-electron chi connectivity index (χ0n) is 8.17. The molecule has 0 aliphatic carbocycles. The summed E-state index contributed by atoms with van der Waals surface area (Å²) in [4.78, 5) is 4.19. The molecule has 76 valence electrons. The van der Waals surface area contributed by atoms with E-state index in [0.29, 0.717) is 5.02 Å². The number of aromatic nitrogens is 1. The Morgan fingerprint density at radius 3 is 2.67 bits per heavy atom. The van der Waals surface area contributed by atoms with Gasteiger partial charge in [0, 0.05) is 16.8 Å². The molecule has 0 bridgehead atoms. The molecule has 0 spiro atoms. The largest absolute Gasteiger partial charge is 0.256 e. The third-order valence-electron chi connectivity index (χ3n) is 2.19. The summed E-state index contributed by atoms with van der Waals surface area (Å²) in [5.41, 5.74) is 2.52. The van der Waals surface area contributed by atoms with Gasteiger partial charge >= 0.3 is 0 Å². The molecular formula is C12H9ClFN.